The van der Waals surface area contributed by atoms with Crippen LogP contribution in [0.25, 0.3) is 6.08 Å². The van der Waals surface area contributed by atoms with Gasteiger partial charge in [0.25, 0.3) is 5.91 Å². The summed E-state index contributed by atoms with van der Waals surface area (Å²) in [6, 6.07) is 8.81. The van der Waals surface area contributed by atoms with Crippen LogP contribution in [0.15, 0.2) is 29.8 Å². The minimum absolute atomic E-state index is 0.145. The van der Waals surface area contributed by atoms with E-state index in [0.29, 0.717) is 31.0 Å². The molecule has 24 heavy (non-hydrogen) atoms. The Balaban J connectivity index is 1.94. The first kappa shape index (κ1) is 17.5. The van der Waals surface area contributed by atoms with Gasteiger partial charge >= 0.3 is 5.97 Å². The first-order valence-corrected chi connectivity index (χ1v) is 7.93. The summed E-state index contributed by atoms with van der Waals surface area (Å²) in [6.07, 6.45) is 3.37. The third-order valence-corrected chi connectivity index (χ3v) is 3.63. The molecule has 1 aliphatic heterocycles. The van der Waals surface area contributed by atoms with Crippen molar-refractivity contribution in [2.75, 3.05) is 26.3 Å². The molecule has 0 radical (unpaired) electrons. The lowest BCUT2D eigenvalue weighted by atomic mass is 10.1. The maximum Gasteiger partial charge on any atom is 0.349 e. The maximum absolute atomic E-state index is 12.0. The molecule has 0 bridgehead atoms. The molecule has 0 saturated carbocycles. The van der Waals surface area contributed by atoms with E-state index in [0.717, 1.165) is 12.8 Å². The molecule has 1 aliphatic rings. The van der Waals surface area contributed by atoms with E-state index in [9.17, 15) is 9.59 Å². The number of likely N-dealkylation sites (tertiary alicyclic amines) is 1. The molecular formula is C18H20N2O4. The summed E-state index contributed by atoms with van der Waals surface area (Å²) in [7, 11) is 0. The van der Waals surface area contributed by atoms with Gasteiger partial charge in [-0.1, -0.05) is 12.1 Å². The molecule has 0 unspecified atom stereocenters. The molecule has 1 fully saturated rings. The fraction of sp³-hybridized carbons (Fsp3) is 0.389. The summed E-state index contributed by atoms with van der Waals surface area (Å²) in [5.41, 5.74) is 0.534. The average molecular weight is 328 g/mol. The third-order valence-electron chi connectivity index (χ3n) is 3.63. The largest absolute Gasteiger partial charge is 0.494 e. The van der Waals surface area contributed by atoms with Crippen LogP contribution in [0.5, 0.6) is 5.75 Å². The smallest absolute Gasteiger partial charge is 0.349 e. The van der Waals surface area contributed by atoms with E-state index in [1.807, 2.05) is 13.0 Å². The highest BCUT2D eigenvalue weighted by atomic mass is 16.5. The van der Waals surface area contributed by atoms with Crippen molar-refractivity contribution in [3.05, 3.63) is 35.4 Å². The van der Waals surface area contributed by atoms with Crippen LogP contribution in [0.4, 0.5) is 0 Å². The second-order valence-corrected chi connectivity index (χ2v) is 5.34. The Labute approximate surface area is 141 Å². The van der Waals surface area contributed by atoms with E-state index in [-0.39, 0.29) is 18.1 Å². The highest BCUT2D eigenvalue weighted by Crippen LogP contribution is 2.15. The molecule has 0 spiro atoms. The summed E-state index contributed by atoms with van der Waals surface area (Å²) >= 11 is 0. The van der Waals surface area contributed by atoms with Crippen LogP contribution < -0.4 is 4.74 Å². The SMILES string of the molecule is CCOc1ccc(/C=C(\C#N)C(=O)OCC(=O)N2CCCC2)cc1. The molecule has 1 aromatic rings. The molecule has 0 aliphatic carbocycles. The third kappa shape index (κ3) is 4.85. The van der Waals surface area contributed by atoms with Crippen molar-refractivity contribution in [2.24, 2.45) is 0 Å². The Morgan fingerprint density at radius 3 is 2.50 bits per heavy atom. The molecule has 1 amide bonds. The quantitative estimate of drug-likeness (QED) is 0.454. The lowest BCUT2D eigenvalue weighted by Crippen LogP contribution is -2.32. The molecule has 126 valence electrons. The molecule has 2 rings (SSSR count). The van der Waals surface area contributed by atoms with Crippen LogP contribution in [-0.4, -0.2) is 43.1 Å². The van der Waals surface area contributed by atoms with Crippen molar-refractivity contribution in [1.82, 2.24) is 4.90 Å². The van der Waals surface area contributed by atoms with Crippen LogP contribution in [-0.2, 0) is 14.3 Å². The summed E-state index contributed by atoms with van der Waals surface area (Å²) in [5, 5.41) is 9.13. The standard InChI is InChI=1S/C18H20N2O4/c1-2-23-16-7-5-14(6-8-16)11-15(12-19)18(22)24-13-17(21)20-9-3-4-10-20/h5-8,11H,2-4,9-10,13H2,1H3/b15-11+. The predicted molar refractivity (Wildman–Crippen MR) is 88.0 cm³/mol. The second kappa shape index (κ2) is 8.73. The van der Waals surface area contributed by atoms with Gasteiger partial charge in [-0.3, -0.25) is 4.79 Å². The molecule has 1 aromatic carbocycles. The number of nitrogens with zero attached hydrogens (tertiary/aromatic N) is 2. The van der Waals surface area contributed by atoms with Gasteiger partial charge < -0.3 is 14.4 Å². The van der Waals surface area contributed by atoms with Gasteiger partial charge in [0.05, 0.1) is 6.61 Å². The predicted octanol–water partition coefficient (Wildman–Crippen LogP) is 2.16. The van der Waals surface area contributed by atoms with E-state index in [4.69, 9.17) is 14.7 Å². The number of nitriles is 1. The normalized spacial score (nSPS) is 14.2. The lowest BCUT2D eigenvalue weighted by Gasteiger charge is -2.14. The molecule has 0 N–H and O–H groups in total. The number of carbonyl (C=O) groups is 2. The molecule has 6 heteroatoms. The lowest BCUT2D eigenvalue weighted by molar-refractivity contribution is -0.148. The zero-order valence-electron chi connectivity index (χ0n) is 13.7. The van der Waals surface area contributed by atoms with Crippen LogP contribution in [0, 0.1) is 11.3 Å². The highest BCUT2D eigenvalue weighted by molar-refractivity contribution is 5.98. The van der Waals surface area contributed by atoms with Crippen molar-refractivity contribution < 1.29 is 19.1 Å². The zero-order chi connectivity index (χ0) is 17.4. The van der Waals surface area contributed by atoms with Gasteiger partial charge in [-0.15, -0.1) is 0 Å². The topological polar surface area (TPSA) is 79.6 Å². The molecule has 0 atom stereocenters. The van der Waals surface area contributed by atoms with E-state index in [1.165, 1.54) is 6.08 Å². The van der Waals surface area contributed by atoms with Crippen molar-refractivity contribution in [2.45, 2.75) is 19.8 Å². The fourth-order valence-electron chi connectivity index (χ4n) is 2.39. The van der Waals surface area contributed by atoms with Crippen molar-refractivity contribution in [3.63, 3.8) is 0 Å². The van der Waals surface area contributed by atoms with Gasteiger partial charge in [0.1, 0.15) is 17.4 Å². The number of carbonyl (C=O) groups excluding carboxylic acids is 2. The number of hydrogen-bond donors (Lipinski definition) is 0. The van der Waals surface area contributed by atoms with Crippen LogP contribution in [0.3, 0.4) is 0 Å². The van der Waals surface area contributed by atoms with Crippen LogP contribution >= 0.6 is 0 Å². The second-order valence-electron chi connectivity index (χ2n) is 5.34. The molecule has 1 saturated heterocycles. The minimum atomic E-state index is -0.793. The van der Waals surface area contributed by atoms with Gasteiger partial charge in [0, 0.05) is 13.1 Å². The fourth-order valence-corrected chi connectivity index (χ4v) is 2.39. The van der Waals surface area contributed by atoms with Crippen LogP contribution in [0.1, 0.15) is 25.3 Å². The number of benzene rings is 1. The van der Waals surface area contributed by atoms with Crippen molar-refractivity contribution >= 4 is 18.0 Å². The Hall–Kier alpha value is -2.81. The maximum atomic E-state index is 12.0. The molecule has 0 aromatic heterocycles. The van der Waals surface area contributed by atoms with Crippen LogP contribution in [0.2, 0.25) is 0 Å². The first-order chi connectivity index (χ1) is 11.6. The monoisotopic (exact) mass is 328 g/mol. The number of rotatable bonds is 6. The van der Waals surface area contributed by atoms with E-state index < -0.39 is 5.97 Å². The number of hydrogen-bond acceptors (Lipinski definition) is 5. The van der Waals surface area contributed by atoms with Gasteiger partial charge in [0.2, 0.25) is 0 Å². The Morgan fingerprint density at radius 1 is 1.25 bits per heavy atom. The van der Waals surface area contributed by atoms with E-state index in [2.05, 4.69) is 0 Å². The molecule has 6 nitrogen and oxygen atoms in total. The van der Waals surface area contributed by atoms with Gasteiger partial charge in [0.15, 0.2) is 6.61 Å². The summed E-state index contributed by atoms with van der Waals surface area (Å²) in [4.78, 5) is 25.5. The Morgan fingerprint density at radius 2 is 1.92 bits per heavy atom. The van der Waals surface area contributed by atoms with Gasteiger partial charge in [-0.2, -0.15) is 5.26 Å². The number of ether oxygens (including phenoxy) is 2. The summed E-state index contributed by atoms with van der Waals surface area (Å²) in [5.74, 6) is -0.301. The van der Waals surface area contributed by atoms with Crippen molar-refractivity contribution in [1.29, 1.82) is 5.26 Å². The number of amides is 1. The minimum Gasteiger partial charge on any atom is -0.494 e. The van der Waals surface area contributed by atoms with Crippen molar-refractivity contribution in [3.8, 4) is 11.8 Å². The Bertz CT molecular complexity index is 653. The first-order valence-electron chi connectivity index (χ1n) is 7.93. The van der Waals surface area contributed by atoms with Gasteiger partial charge in [-0.25, -0.2) is 4.79 Å². The van der Waals surface area contributed by atoms with E-state index in [1.54, 1.807) is 29.2 Å². The molecule has 1 heterocycles. The summed E-state index contributed by atoms with van der Waals surface area (Å²) in [6.45, 7) is 3.52. The Kier molecular flexibility index (Phi) is 6.38. The zero-order valence-corrected chi connectivity index (χ0v) is 13.7. The average Bonchev–Trinajstić information content (AvgIpc) is 3.13. The van der Waals surface area contributed by atoms with E-state index >= 15 is 0 Å². The summed E-state index contributed by atoms with van der Waals surface area (Å²) < 4.78 is 10.3. The highest BCUT2D eigenvalue weighted by Gasteiger charge is 2.20. The number of esters is 1. The van der Waals surface area contributed by atoms with Gasteiger partial charge in [-0.05, 0) is 43.5 Å². The molecular weight excluding hydrogens is 308 g/mol.